The minimum atomic E-state index is -1.02. The van der Waals surface area contributed by atoms with Crippen molar-refractivity contribution in [1.82, 2.24) is 21.3 Å². The normalized spacial score (nSPS) is 12.2. The first-order chi connectivity index (χ1) is 24.1. The standard InChI is InChI=1S/C35H65N5O10/c1-37-29(20-21-33(45)46)35(48)40-28(34(36)47)17-15-16-22-38-31(42)27-50-26-25-49-24-23-39-30(41)18-13-11-9-7-5-3-2-4-6-8-10-12-14-19-32(43)44/h28-29,37H,2-27H2,1H3,(H2,36,47)(H,38,42)(H,39,41)(H,40,48)(H,43,44)(H,45,46)/t28-,29-/m0/s1. The Labute approximate surface area is 297 Å². The number of rotatable bonds is 36. The average Bonchev–Trinajstić information content (AvgIpc) is 3.06. The molecule has 0 aliphatic carbocycles. The molecule has 0 radical (unpaired) electrons. The number of hydrogen-bond acceptors (Lipinski definition) is 9. The number of nitrogens with two attached hydrogens (primary N) is 1. The van der Waals surface area contributed by atoms with Gasteiger partial charge in [-0.1, -0.05) is 70.6 Å². The molecule has 0 aromatic heterocycles. The Bertz CT molecular complexity index is 953. The zero-order valence-corrected chi connectivity index (χ0v) is 30.3. The molecule has 4 amide bonds. The summed E-state index contributed by atoms with van der Waals surface area (Å²) in [5.74, 6) is -3.18. The maximum Gasteiger partial charge on any atom is 0.303 e. The summed E-state index contributed by atoms with van der Waals surface area (Å²) in [5, 5.41) is 28.3. The Hall–Kier alpha value is -3.30. The largest absolute Gasteiger partial charge is 0.481 e. The van der Waals surface area contributed by atoms with E-state index >= 15 is 0 Å². The molecule has 2 atom stereocenters. The lowest BCUT2D eigenvalue weighted by molar-refractivity contribution is -0.138. The van der Waals surface area contributed by atoms with Gasteiger partial charge in [-0.2, -0.15) is 0 Å². The molecule has 0 aromatic rings. The number of carboxylic acids is 2. The predicted molar refractivity (Wildman–Crippen MR) is 189 cm³/mol. The number of primary amides is 1. The number of hydrogen-bond donors (Lipinski definition) is 7. The molecule has 0 aliphatic rings. The highest BCUT2D eigenvalue weighted by Crippen LogP contribution is 2.13. The van der Waals surface area contributed by atoms with E-state index in [1.54, 1.807) is 0 Å². The van der Waals surface area contributed by atoms with Gasteiger partial charge in [0.05, 0.1) is 25.9 Å². The summed E-state index contributed by atoms with van der Waals surface area (Å²) in [7, 11) is 1.53. The van der Waals surface area contributed by atoms with Crippen LogP contribution in [0, 0.1) is 0 Å². The Morgan fingerprint density at radius 1 is 0.560 bits per heavy atom. The third-order valence-corrected chi connectivity index (χ3v) is 8.18. The van der Waals surface area contributed by atoms with Gasteiger partial charge in [0, 0.05) is 32.4 Å². The van der Waals surface area contributed by atoms with E-state index in [1.807, 2.05) is 0 Å². The van der Waals surface area contributed by atoms with Gasteiger partial charge in [0.25, 0.3) is 0 Å². The molecular formula is C35H65N5O10. The van der Waals surface area contributed by atoms with E-state index in [4.69, 9.17) is 25.4 Å². The summed E-state index contributed by atoms with van der Waals surface area (Å²) in [5.41, 5.74) is 5.40. The van der Waals surface area contributed by atoms with Crippen LogP contribution < -0.4 is 27.0 Å². The number of carbonyl (C=O) groups excluding carboxylic acids is 4. The van der Waals surface area contributed by atoms with E-state index in [1.165, 1.54) is 52.0 Å². The minimum absolute atomic E-state index is 0.0230. The summed E-state index contributed by atoms with van der Waals surface area (Å²) in [4.78, 5) is 69.3. The smallest absolute Gasteiger partial charge is 0.303 e. The van der Waals surface area contributed by atoms with Gasteiger partial charge in [0.1, 0.15) is 12.6 Å². The van der Waals surface area contributed by atoms with Gasteiger partial charge >= 0.3 is 11.9 Å². The molecule has 0 spiro atoms. The van der Waals surface area contributed by atoms with Crippen molar-refractivity contribution in [2.75, 3.05) is 46.6 Å². The Morgan fingerprint density at radius 2 is 1.08 bits per heavy atom. The van der Waals surface area contributed by atoms with Crippen LogP contribution in [0.2, 0.25) is 0 Å². The number of amides is 4. The maximum absolute atomic E-state index is 12.4. The van der Waals surface area contributed by atoms with E-state index in [2.05, 4.69) is 21.3 Å². The van der Waals surface area contributed by atoms with Crippen molar-refractivity contribution in [3.8, 4) is 0 Å². The SMILES string of the molecule is CN[C@@H](CCC(=O)O)C(=O)N[C@@H](CCCCNC(=O)COCCOCCNC(=O)CCCCCCCCCCCCCCCC(=O)O)C(N)=O. The van der Waals surface area contributed by atoms with Crippen LogP contribution in [0.25, 0.3) is 0 Å². The van der Waals surface area contributed by atoms with E-state index in [-0.39, 0.29) is 50.7 Å². The molecule has 0 aromatic carbocycles. The van der Waals surface area contributed by atoms with E-state index in [0.717, 1.165) is 38.5 Å². The van der Waals surface area contributed by atoms with Gasteiger partial charge < -0.3 is 46.7 Å². The van der Waals surface area contributed by atoms with E-state index < -0.39 is 35.8 Å². The van der Waals surface area contributed by atoms with Crippen molar-refractivity contribution in [2.24, 2.45) is 5.73 Å². The molecule has 0 fully saturated rings. The summed E-state index contributed by atoms with van der Waals surface area (Å²) in [6, 6.07) is -1.65. The van der Waals surface area contributed by atoms with Gasteiger partial charge in [-0.3, -0.25) is 28.8 Å². The van der Waals surface area contributed by atoms with Crippen LogP contribution in [0.4, 0.5) is 0 Å². The lowest BCUT2D eigenvalue weighted by Crippen LogP contribution is -2.51. The Kier molecular flexibility index (Phi) is 30.7. The van der Waals surface area contributed by atoms with Crippen molar-refractivity contribution in [2.45, 2.75) is 141 Å². The first-order valence-electron chi connectivity index (χ1n) is 18.5. The molecule has 290 valence electrons. The summed E-state index contributed by atoms with van der Waals surface area (Å²) in [6.07, 6.45) is 16.7. The highest BCUT2D eigenvalue weighted by atomic mass is 16.5. The molecular weight excluding hydrogens is 650 g/mol. The highest BCUT2D eigenvalue weighted by Gasteiger charge is 2.23. The van der Waals surface area contributed by atoms with Gasteiger partial charge in [-0.15, -0.1) is 0 Å². The van der Waals surface area contributed by atoms with Gasteiger partial charge in [-0.05, 0) is 45.6 Å². The van der Waals surface area contributed by atoms with Crippen LogP contribution in [0.5, 0.6) is 0 Å². The average molecular weight is 716 g/mol. The third-order valence-electron chi connectivity index (χ3n) is 8.18. The molecule has 0 saturated heterocycles. The van der Waals surface area contributed by atoms with Crippen LogP contribution in [0.1, 0.15) is 128 Å². The molecule has 15 nitrogen and oxygen atoms in total. The third kappa shape index (κ3) is 30.7. The molecule has 0 bridgehead atoms. The molecule has 15 heteroatoms. The van der Waals surface area contributed by atoms with Crippen molar-refractivity contribution in [1.29, 1.82) is 0 Å². The highest BCUT2D eigenvalue weighted by molar-refractivity contribution is 5.89. The second-order valence-electron chi connectivity index (χ2n) is 12.6. The van der Waals surface area contributed by atoms with Crippen LogP contribution in [0.3, 0.4) is 0 Å². The number of aliphatic carboxylic acids is 2. The summed E-state index contributed by atoms with van der Waals surface area (Å²) in [6.45, 7) is 1.54. The molecule has 0 rings (SSSR count). The molecule has 0 heterocycles. The fourth-order valence-electron chi connectivity index (χ4n) is 5.23. The van der Waals surface area contributed by atoms with Gasteiger partial charge in [-0.25, -0.2) is 0 Å². The lowest BCUT2D eigenvalue weighted by atomic mass is 10.0. The van der Waals surface area contributed by atoms with E-state index in [9.17, 15) is 28.8 Å². The number of carboxylic acid groups (broad SMARTS) is 2. The molecule has 0 aliphatic heterocycles. The number of unbranched alkanes of at least 4 members (excludes halogenated alkanes) is 13. The van der Waals surface area contributed by atoms with Crippen LogP contribution in [-0.4, -0.2) is 104 Å². The molecule has 0 saturated carbocycles. The quantitative estimate of drug-likeness (QED) is 0.0466. The summed E-state index contributed by atoms with van der Waals surface area (Å²) >= 11 is 0. The van der Waals surface area contributed by atoms with Crippen molar-refractivity contribution < 1.29 is 48.5 Å². The topological polar surface area (TPSA) is 235 Å². The number of nitrogens with one attached hydrogen (secondary N) is 4. The van der Waals surface area contributed by atoms with Gasteiger partial charge in [0.15, 0.2) is 0 Å². The molecule has 8 N–H and O–H groups in total. The second-order valence-corrected chi connectivity index (χ2v) is 12.6. The van der Waals surface area contributed by atoms with Crippen molar-refractivity contribution >= 4 is 35.6 Å². The minimum Gasteiger partial charge on any atom is -0.481 e. The van der Waals surface area contributed by atoms with Crippen molar-refractivity contribution in [3.63, 3.8) is 0 Å². The Morgan fingerprint density at radius 3 is 1.62 bits per heavy atom. The van der Waals surface area contributed by atoms with E-state index in [0.29, 0.717) is 45.6 Å². The number of likely N-dealkylation sites (N-methyl/N-ethyl adjacent to an activating group) is 1. The number of carbonyl (C=O) groups is 6. The maximum atomic E-state index is 12.4. The summed E-state index contributed by atoms with van der Waals surface area (Å²) < 4.78 is 10.8. The van der Waals surface area contributed by atoms with Crippen LogP contribution >= 0.6 is 0 Å². The molecule has 0 unspecified atom stereocenters. The lowest BCUT2D eigenvalue weighted by Gasteiger charge is -2.20. The monoisotopic (exact) mass is 715 g/mol. The fourth-order valence-corrected chi connectivity index (χ4v) is 5.23. The molecule has 50 heavy (non-hydrogen) atoms. The second kappa shape index (κ2) is 32.9. The zero-order chi connectivity index (χ0) is 37.2. The zero-order valence-electron chi connectivity index (χ0n) is 30.3. The first-order valence-corrected chi connectivity index (χ1v) is 18.5. The number of ether oxygens (including phenoxy) is 2. The van der Waals surface area contributed by atoms with Crippen molar-refractivity contribution in [3.05, 3.63) is 0 Å². The Balaban J connectivity index is 3.61. The first kappa shape index (κ1) is 46.7. The van der Waals surface area contributed by atoms with Gasteiger partial charge in [0.2, 0.25) is 23.6 Å². The van der Waals surface area contributed by atoms with Crippen LogP contribution in [-0.2, 0) is 38.2 Å². The predicted octanol–water partition coefficient (Wildman–Crippen LogP) is 2.78. The van der Waals surface area contributed by atoms with Crippen LogP contribution in [0.15, 0.2) is 0 Å². The fraction of sp³-hybridized carbons (Fsp3) is 0.829.